The second-order valence-corrected chi connectivity index (χ2v) is 7.54. The highest BCUT2D eigenvalue weighted by atomic mass is 16.2. The Bertz CT molecular complexity index is 1180. The quantitative estimate of drug-likeness (QED) is 0.689. The molecule has 2 aromatic carbocycles. The van der Waals surface area contributed by atoms with E-state index in [4.69, 9.17) is 0 Å². The molecule has 1 aliphatic heterocycles. The molecule has 3 amide bonds. The first kappa shape index (κ1) is 20.5. The Balaban J connectivity index is 1.39. The molecule has 0 unspecified atom stereocenters. The van der Waals surface area contributed by atoms with Crippen LogP contribution in [0.15, 0.2) is 48.5 Å². The predicted octanol–water partition coefficient (Wildman–Crippen LogP) is 2.66. The maximum absolute atomic E-state index is 12.7. The average molecular weight is 417 g/mol. The van der Waals surface area contributed by atoms with E-state index in [-0.39, 0.29) is 43.7 Å². The van der Waals surface area contributed by atoms with Crippen molar-refractivity contribution in [2.75, 3.05) is 23.8 Å². The van der Waals surface area contributed by atoms with Crippen molar-refractivity contribution < 1.29 is 14.4 Å². The SMILES string of the molecule is Cc1nc(CN(C)C(=O)CCC(=O)N2CC(=O)Nc3ccccc32)nc2ccccc12. The zero-order chi connectivity index (χ0) is 22.0. The van der Waals surface area contributed by atoms with Crippen molar-refractivity contribution in [2.24, 2.45) is 0 Å². The summed E-state index contributed by atoms with van der Waals surface area (Å²) in [5.74, 6) is -0.140. The number of hydrogen-bond acceptors (Lipinski definition) is 5. The van der Waals surface area contributed by atoms with E-state index in [9.17, 15) is 14.4 Å². The van der Waals surface area contributed by atoms with Gasteiger partial charge in [0.05, 0.1) is 23.4 Å². The number of rotatable bonds is 5. The van der Waals surface area contributed by atoms with Crippen LogP contribution in [-0.2, 0) is 20.9 Å². The molecule has 0 spiro atoms. The summed E-state index contributed by atoms with van der Waals surface area (Å²) in [6.45, 7) is 2.12. The van der Waals surface area contributed by atoms with Crippen LogP contribution in [0.3, 0.4) is 0 Å². The van der Waals surface area contributed by atoms with Crippen molar-refractivity contribution in [2.45, 2.75) is 26.3 Å². The molecule has 8 heteroatoms. The van der Waals surface area contributed by atoms with Gasteiger partial charge in [0, 0.05) is 31.0 Å². The van der Waals surface area contributed by atoms with Gasteiger partial charge >= 0.3 is 0 Å². The molecule has 1 aliphatic rings. The van der Waals surface area contributed by atoms with Crippen LogP contribution >= 0.6 is 0 Å². The molecule has 31 heavy (non-hydrogen) atoms. The lowest BCUT2D eigenvalue weighted by Gasteiger charge is -2.29. The molecular weight excluding hydrogens is 394 g/mol. The summed E-state index contributed by atoms with van der Waals surface area (Å²) in [5, 5.41) is 3.73. The maximum Gasteiger partial charge on any atom is 0.244 e. The Labute approximate surface area is 179 Å². The van der Waals surface area contributed by atoms with Crippen LogP contribution in [-0.4, -0.2) is 46.2 Å². The van der Waals surface area contributed by atoms with E-state index >= 15 is 0 Å². The fourth-order valence-electron chi connectivity index (χ4n) is 3.66. The monoisotopic (exact) mass is 417 g/mol. The lowest BCUT2D eigenvalue weighted by atomic mass is 10.1. The first-order chi connectivity index (χ1) is 14.9. The second kappa shape index (κ2) is 8.51. The Hall–Kier alpha value is -3.81. The molecule has 0 aliphatic carbocycles. The number of nitrogens with one attached hydrogen (secondary N) is 1. The number of carbonyl (C=O) groups is 3. The highest BCUT2D eigenvalue weighted by molar-refractivity contribution is 6.10. The summed E-state index contributed by atoms with van der Waals surface area (Å²) in [5.41, 5.74) is 2.94. The van der Waals surface area contributed by atoms with E-state index in [2.05, 4.69) is 15.3 Å². The number of aryl methyl sites for hydroxylation is 1. The number of fused-ring (bicyclic) bond motifs is 2. The largest absolute Gasteiger partial charge is 0.338 e. The third-order valence-electron chi connectivity index (χ3n) is 5.27. The number of aromatic nitrogens is 2. The molecule has 0 radical (unpaired) electrons. The zero-order valence-corrected chi connectivity index (χ0v) is 17.5. The number of benzene rings is 2. The molecule has 8 nitrogen and oxygen atoms in total. The Morgan fingerprint density at radius 2 is 1.81 bits per heavy atom. The minimum atomic E-state index is -0.262. The Morgan fingerprint density at radius 1 is 1.06 bits per heavy atom. The number of para-hydroxylation sites is 3. The molecule has 4 rings (SSSR count). The van der Waals surface area contributed by atoms with Crippen LogP contribution in [0.4, 0.5) is 11.4 Å². The van der Waals surface area contributed by atoms with Gasteiger partial charge in [0.25, 0.3) is 0 Å². The lowest BCUT2D eigenvalue weighted by Crippen LogP contribution is -2.42. The summed E-state index contributed by atoms with van der Waals surface area (Å²) in [6.07, 6.45) is 0.0601. The molecule has 2 heterocycles. The topological polar surface area (TPSA) is 95.5 Å². The van der Waals surface area contributed by atoms with E-state index in [0.717, 1.165) is 16.6 Å². The van der Waals surface area contributed by atoms with Crippen molar-refractivity contribution in [1.29, 1.82) is 0 Å². The maximum atomic E-state index is 12.7. The predicted molar refractivity (Wildman–Crippen MR) is 117 cm³/mol. The van der Waals surface area contributed by atoms with Gasteiger partial charge in [-0.2, -0.15) is 0 Å². The number of amides is 3. The van der Waals surface area contributed by atoms with E-state index in [1.807, 2.05) is 31.2 Å². The molecule has 158 valence electrons. The summed E-state index contributed by atoms with van der Waals surface area (Å²) >= 11 is 0. The van der Waals surface area contributed by atoms with Gasteiger partial charge in [0.1, 0.15) is 12.4 Å². The smallest absolute Gasteiger partial charge is 0.244 e. The Morgan fingerprint density at radius 3 is 2.65 bits per heavy atom. The van der Waals surface area contributed by atoms with Gasteiger partial charge in [0.2, 0.25) is 17.7 Å². The normalized spacial score (nSPS) is 13.0. The van der Waals surface area contributed by atoms with Gasteiger partial charge in [-0.3, -0.25) is 14.4 Å². The summed E-state index contributed by atoms with van der Waals surface area (Å²) in [7, 11) is 1.67. The highest BCUT2D eigenvalue weighted by Gasteiger charge is 2.27. The van der Waals surface area contributed by atoms with Gasteiger partial charge in [-0.1, -0.05) is 30.3 Å². The summed E-state index contributed by atoms with van der Waals surface area (Å²) in [6, 6.07) is 14.9. The van der Waals surface area contributed by atoms with Crippen LogP contribution in [0.2, 0.25) is 0 Å². The standard InChI is InChI=1S/C23H23N5O3/c1-15-16-7-3-4-8-17(16)25-20(24-15)13-27(2)22(30)11-12-23(31)28-14-21(29)26-18-9-5-6-10-19(18)28/h3-10H,11-14H2,1-2H3,(H,26,29). The molecule has 0 bridgehead atoms. The molecule has 1 aromatic heterocycles. The second-order valence-electron chi connectivity index (χ2n) is 7.54. The summed E-state index contributed by atoms with van der Waals surface area (Å²) in [4.78, 5) is 49.2. The number of nitrogens with zero attached hydrogens (tertiary/aromatic N) is 4. The first-order valence-corrected chi connectivity index (χ1v) is 10.1. The molecule has 1 N–H and O–H groups in total. The average Bonchev–Trinajstić information content (AvgIpc) is 2.76. The zero-order valence-electron chi connectivity index (χ0n) is 17.5. The highest BCUT2D eigenvalue weighted by Crippen LogP contribution is 2.29. The van der Waals surface area contributed by atoms with E-state index in [1.165, 1.54) is 9.80 Å². The third-order valence-corrected chi connectivity index (χ3v) is 5.27. The van der Waals surface area contributed by atoms with Gasteiger partial charge in [0.15, 0.2) is 0 Å². The molecule has 0 fully saturated rings. The molecule has 0 saturated carbocycles. The van der Waals surface area contributed by atoms with Crippen molar-refractivity contribution in [3.63, 3.8) is 0 Å². The van der Waals surface area contributed by atoms with Crippen LogP contribution in [0.1, 0.15) is 24.4 Å². The Kier molecular flexibility index (Phi) is 5.62. The molecule has 3 aromatic rings. The van der Waals surface area contributed by atoms with Crippen molar-refractivity contribution in [3.05, 3.63) is 60.0 Å². The van der Waals surface area contributed by atoms with Gasteiger partial charge in [-0.15, -0.1) is 0 Å². The minimum absolute atomic E-state index is 0.0163. The third kappa shape index (κ3) is 4.37. The van der Waals surface area contributed by atoms with Crippen molar-refractivity contribution in [3.8, 4) is 0 Å². The van der Waals surface area contributed by atoms with Gasteiger partial charge < -0.3 is 15.1 Å². The summed E-state index contributed by atoms with van der Waals surface area (Å²) < 4.78 is 0. The van der Waals surface area contributed by atoms with Crippen LogP contribution in [0.5, 0.6) is 0 Å². The van der Waals surface area contributed by atoms with Gasteiger partial charge in [-0.05, 0) is 25.1 Å². The molecular formula is C23H23N5O3. The molecule has 0 atom stereocenters. The minimum Gasteiger partial charge on any atom is -0.338 e. The fourth-order valence-corrected chi connectivity index (χ4v) is 3.66. The van der Waals surface area contributed by atoms with Crippen LogP contribution in [0.25, 0.3) is 10.9 Å². The van der Waals surface area contributed by atoms with Crippen molar-refractivity contribution in [1.82, 2.24) is 14.9 Å². The van der Waals surface area contributed by atoms with E-state index < -0.39 is 0 Å². The van der Waals surface area contributed by atoms with Crippen molar-refractivity contribution >= 4 is 40.0 Å². The number of hydrogen-bond donors (Lipinski definition) is 1. The molecule has 0 saturated heterocycles. The fraction of sp³-hybridized carbons (Fsp3) is 0.261. The lowest BCUT2D eigenvalue weighted by molar-refractivity contribution is -0.132. The number of anilines is 2. The van der Waals surface area contributed by atoms with E-state index in [1.54, 1.807) is 31.3 Å². The van der Waals surface area contributed by atoms with E-state index in [0.29, 0.717) is 17.2 Å². The van der Waals surface area contributed by atoms with Crippen LogP contribution < -0.4 is 10.2 Å². The first-order valence-electron chi connectivity index (χ1n) is 10.1. The van der Waals surface area contributed by atoms with Gasteiger partial charge in [-0.25, -0.2) is 9.97 Å². The van der Waals surface area contributed by atoms with Crippen LogP contribution in [0, 0.1) is 6.92 Å². The number of carbonyl (C=O) groups excluding carboxylic acids is 3.